The summed E-state index contributed by atoms with van der Waals surface area (Å²) in [4.78, 5) is 38.5. The third-order valence-electron chi connectivity index (χ3n) is 20.9. The molecule has 5 aliphatic heterocycles. The highest BCUT2D eigenvalue weighted by Crippen LogP contribution is 2.52. The molecule has 2 atom stereocenters. The Morgan fingerprint density at radius 3 is 1.26 bits per heavy atom. The molecular weight excluding hydrogens is 1510 g/mol. The number of carbonyl (C=O) groups is 2. The number of amides is 2. The summed E-state index contributed by atoms with van der Waals surface area (Å²) in [5.74, 6) is 5.03. The van der Waals surface area contributed by atoms with Crippen molar-refractivity contribution >= 4 is 81.5 Å². The van der Waals surface area contributed by atoms with Crippen LogP contribution in [0.3, 0.4) is 0 Å². The third-order valence-corrected chi connectivity index (χ3v) is 26.2. The fourth-order valence-corrected chi connectivity index (χ4v) is 19.7. The Balaban J connectivity index is 0.000000149. The number of hydrogen-bond acceptors (Lipinski definition) is 13. The minimum atomic E-state index is -0.824. The molecule has 113 heavy (non-hydrogen) atoms. The first kappa shape index (κ1) is 83.4. The lowest BCUT2D eigenvalue weighted by Gasteiger charge is -2.41. The van der Waals surface area contributed by atoms with E-state index in [0.717, 1.165) is 105 Å². The number of para-hydroxylation sites is 2. The first-order valence-electron chi connectivity index (χ1n) is 40.0. The highest BCUT2D eigenvalue weighted by Gasteiger charge is 2.41. The molecule has 1 N–H and O–H groups in total. The second-order valence-corrected chi connectivity index (χ2v) is 37.2. The van der Waals surface area contributed by atoms with Gasteiger partial charge in [0.15, 0.2) is 0 Å². The van der Waals surface area contributed by atoms with Gasteiger partial charge in [0.1, 0.15) is 47.4 Å². The van der Waals surface area contributed by atoms with E-state index in [1.807, 2.05) is 65.9 Å². The Morgan fingerprint density at radius 2 is 0.867 bits per heavy atom. The number of benzene rings is 8. The number of anilines is 1. The molecule has 0 radical (unpaired) electrons. The number of piperidine rings is 2. The van der Waals surface area contributed by atoms with Gasteiger partial charge in [-0.2, -0.15) is 0 Å². The highest BCUT2D eigenvalue weighted by molar-refractivity contribution is 9.10. The van der Waals surface area contributed by atoms with Crippen LogP contribution >= 0.6 is 31.8 Å². The number of likely N-dealkylation sites (tertiary alicyclic amines) is 2. The molecule has 8 aromatic carbocycles. The summed E-state index contributed by atoms with van der Waals surface area (Å²) in [6.45, 7) is 25.9. The molecular formula is C95H111BrN6O9P2. The molecule has 4 fully saturated rings. The van der Waals surface area contributed by atoms with E-state index in [4.69, 9.17) is 33.2 Å². The van der Waals surface area contributed by atoms with Crippen molar-refractivity contribution in [2.24, 2.45) is 11.8 Å². The third kappa shape index (κ3) is 24.1. The molecule has 0 spiro atoms. The van der Waals surface area contributed by atoms with Gasteiger partial charge in [-0.15, -0.1) is 0 Å². The van der Waals surface area contributed by atoms with Crippen molar-refractivity contribution in [3.05, 3.63) is 282 Å². The molecule has 4 saturated heterocycles. The van der Waals surface area contributed by atoms with Crippen molar-refractivity contribution in [3.63, 3.8) is 0 Å². The number of nitrogens with zero attached hydrogens (tertiary/aromatic N) is 5. The predicted molar refractivity (Wildman–Crippen MR) is 464 cm³/mol. The van der Waals surface area contributed by atoms with Gasteiger partial charge < -0.3 is 53.2 Å². The summed E-state index contributed by atoms with van der Waals surface area (Å²) in [6, 6.07) is 81.9. The quantitative estimate of drug-likeness (QED) is 0.0479. The fraction of sp³-hybridized carbons (Fsp3) is 0.368. The van der Waals surface area contributed by atoms with Crippen molar-refractivity contribution < 1.29 is 42.7 Å². The number of carbonyl (C=O) groups excluding carboxylic acids is 2. The molecule has 10 aromatic rings. The second kappa shape index (κ2) is 40.8. The zero-order valence-electron chi connectivity index (χ0n) is 66.9. The topological polar surface area (TPSA) is 146 Å². The van der Waals surface area contributed by atoms with Gasteiger partial charge >= 0.3 is 12.2 Å². The van der Waals surface area contributed by atoms with Crippen LogP contribution in [0.5, 0.6) is 23.0 Å². The summed E-state index contributed by atoms with van der Waals surface area (Å²) < 4.78 is 42.2. The van der Waals surface area contributed by atoms with Crippen molar-refractivity contribution in [1.82, 2.24) is 25.1 Å². The summed E-state index contributed by atoms with van der Waals surface area (Å²) in [6.07, 6.45) is 15.6. The Labute approximate surface area is 681 Å². The van der Waals surface area contributed by atoms with Gasteiger partial charge in [0, 0.05) is 83.3 Å². The molecule has 15 nitrogen and oxygen atoms in total. The normalized spacial score (nSPS) is 16.5. The molecule has 2 unspecified atom stereocenters. The molecule has 592 valence electrons. The van der Waals surface area contributed by atoms with Crippen LogP contribution in [0, 0.1) is 11.8 Å². The van der Waals surface area contributed by atoms with Gasteiger partial charge in [-0.3, -0.25) is 9.97 Å². The number of nitrogens with one attached hydrogen (secondary N) is 1. The molecule has 0 bridgehead atoms. The van der Waals surface area contributed by atoms with Crippen LogP contribution in [-0.4, -0.2) is 121 Å². The first-order valence-corrected chi connectivity index (χ1v) is 43.5. The maximum Gasteiger partial charge on any atom is 0.410 e. The minimum Gasteiger partial charge on any atom is -0.490 e. The van der Waals surface area contributed by atoms with Crippen molar-refractivity contribution in [2.45, 2.75) is 149 Å². The predicted octanol–water partition coefficient (Wildman–Crippen LogP) is 18.8. The van der Waals surface area contributed by atoms with Crippen molar-refractivity contribution in [1.29, 1.82) is 0 Å². The number of aromatic nitrogens is 2. The molecule has 18 heteroatoms. The van der Waals surface area contributed by atoms with E-state index in [-0.39, 0.29) is 29.7 Å². The summed E-state index contributed by atoms with van der Waals surface area (Å²) >= 11 is 3.34. The van der Waals surface area contributed by atoms with Crippen LogP contribution < -0.4 is 56.3 Å². The van der Waals surface area contributed by atoms with E-state index in [1.165, 1.54) is 86.4 Å². The summed E-state index contributed by atoms with van der Waals surface area (Å²) in [7, 11) is -1.65. The van der Waals surface area contributed by atoms with Crippen LogP contribution in [0.4, 0.5) is 15.3 Å². The lowest BCUT2D eigenvalue weighted by molar-refractivity contribution is -0.0149. The lowest BCUT2D eigenvalue weighted by Crippen LogP contribution is -2.55. The largest absolute Gasteiger partial charge is 0.490 e. The summed E-state index contributed by atoms with van der Waals surface area (Å²) in [5.41, 5.74) is 4.90. The van der Waals surface area contributed by atoms with Crippen LogP contribution in [-0.2, 0) is 37.6 Å². The monoisotopic (exact) mass is 1620 g/mol. The van der Waals surface area contributed by atoms with Gasteiger partial charge in [-0.25, -0.2) is 9.59 Å². The minimum absolute atomic E-state index is 0.0494. The first-order chi connectivity index (χ1) is 54.8. The Hall–Kier alpha value is -8.98. The van der Waals surface area contributed by atoms with Crippen LogP contribution in [0.2, 0.25) is 0 Å². The SMILES string of the molecule is CC(C)(C)OC(=O)N1CCC1COc1cncc(Br)c1.CC(C)(C)OC(=O)N1CCC1COc1cncc(N2CCC(CCOCc3ccccc3)CC2)c1.CC1(C)c2cccc(P(c3ccccc3)c3ccccc3)c2Oc2c(P(c3ccccc3)c3ccccc3)cccc21.c1ccc(COCCC2CCNCC2)cc1. The molecule has 5 aliphatic rings. The maximum absolute atomic E-state index is 12.3. The summed E-state index contributed by atoms with van der Waals surface area (Å²) in [5, 5.41) is 11.2. The average molecular weight is 1620 g/mol. The zero-order chi connectivity index (χ0) is 79.0. The molecule has 2 amide bonds. The fourth-order valence-electron chi connectivity index (χ4n) is 14.6. The van der Waals surface area contributed by atoms with Crippen molar-refractivity contribution in [3.8, 4) is 23.0 Å². The van der Waals surface area contributed by atoms with Gasteiger partial charge in [0.05, 0.1) is 49.6 Å². The van der Waals surface area contributed by atoms with E-state index in [9.17, 15) is 9.59 Å². The van der Waals surface area contributed by atoms with Crippen LogP contribution in [0.15, 0.2) is 260 Å². The van der Waals surface area contributed by atoms with Crippen LogP contribution in [0.25, 0.3) is 0 Å². The van der Waals surface area contributed by atoms with Gasteiger partial charge in [0.25, 0.3) is 0 Å². The van der Waals surface area contributed by atoms with Crippen molar-refractivity contribution in [2.75, 3.05) is 70.6 Å². The molecule has 7 heterocycles. The molecule has 0 aliphatic carbocycles. The van der Waals surface area contributed by atoms with Gasteiger partial charge in [0.2, 0.25) is 0 Å². The number of hydrogen-bond donors (Lipinski definition) is 1. The van der Waals surface area contributed by atoms with Gasteiger partial charge in [-0.1, -0.05) is 232 Å². The zero-order valence-corrected chi connectivity index (χ0v) is 70.3. The van der Waals surface area contributed by atoms with E-state index in [0.29, 0.717) is 38.0 Å². The standard InChI is InChI=1S/C39H32OP2.C28H39N3O4.C14H19BrN2O3.C14H21NO/c1-39(2)33-25-15-27-35(41(29-17-7-3-8-18-29)30-19-9-4-10-20-30)37(33)40-38-34(39)26-16-28-36(38)42(31-21-11-5-12-22-31)32-23-13-6-14-24-32;1-28(2,3)35-27(32)31-15-11-24(31)21-34-26-17-25(18-29-19-26)30-13-9-22(10-14-30)12-16-33-20-23-7-5-4-6-8-23;1-14(2,3)20-13(18)17-5-4-11(17)9-19-12-6-10(15)7-16-8-12;1-2-4-14(5-3-1)12-16-11-8-13-6-9-15-10-7-13/h3-28H,1-2H3;4-8,17-19,22,24H,9-16,20-21H2,1-3H3;6-8,11H,4-5,9H2,1-3H3;1-5,13,15H,6-12H2. The number of halogens is 1. The number of pyridine rings is 2. The Morgan fingerprint density at radius 1 is 0.478 bits per heavy atom. The Kier molecular flexibility index (Phi) is 30.2. The molecule has 2 aromatic heterocycles. The number of rotatable bonds is 23. The highest BCUT2D eigenvalue weighted by atomic mass is 79.9. The number of fused-ring (bicyclic) bond motifs is 2. The molecule has 15 rings (SSSR count). The Bertz CT molecular complexity index is 4360. The smallest absolute Gasteiger partial charge is 0.410 e. The average Bonchev–Trinajstić information content (AvgIpc) is 0.723. The van der Waals surface area contributed by atoms with E-state index < -0.39 is 27.0 Å². The van der Waals surface area contributed by atoms with E-state index >= 15 is 0 Å². The van der Waals surface area contributed by atoms with Gasteiger partial charge in [-0.05, 0) is 188 Å². The van der Waals surface area contributed by atoms with E-state index in [1.54, 1.807) is 28.4 Å². The van der Waals surface area contributed by atoms with Crippen LogP contribution in [0.1, 0.15) is 129 Å². The second-order valence-electron chi connectivity index (χ2n) is 31.9. The maximum atomic E-state index is 12.3. The lowest BCUT2D eigenvalue weighted by atomic mass is 9.76. The molecule has 0 saturated carbocycles. The van der Waals surface area contributed by atoms with E-state index in [2.05, 4.69) is 262 Å². The number of ether oxygens (including phenoxy) is 7.